The van der Waals surface area contributed by atoms with Crippen LogP contribution in [0.3, 0.4) is 0 Å². The molecule has 2 aromatic carbocycles. The van der Waals surface area contributed by atoms with E-state index in [9.17, 15) is 4.79 Å². The van der Waals surface area contributed by atoms with Gasteiger partial charge in [-0.1, -0.05) is 18.2 Å². The van der Waals surface area contributed by atoms with Gasteiger partial charge >= 0.3 is 0 Å². The van der Waals surface area contributed by atoms with E-state index in [1.54, 1.807) is 14.2 Å². The SMILES string of the molecule is COCc1cc(OC)ccc1-c1ccc(C=O)cc1C. The van der Waals surface area contributed by atoms with Gasteiger partial charge in [0, 0.05) is 12.7 Å². The molecule has 104 valence electrons. The molecule has 0 atom stereocenters. The predicted octanol–water partition coefficient (Wildman–Crippen LogP) is 3.63. The monoisotopic (exact) mass is 270 g/mol. The lowest BCUT2D eigenvalue weighted by Gasteiger charge is -2.13. The van der Waals surface area contributed by atoms with Crippen molar-refractivity contribution in [3.8, 4) is 16.9 Å². The fraction of sp³-hybridized carbons (Fsp3) is 0.235. The first kappa shape index (κ1) is 14.3. The maximum atomic E-state index is 10.8. The fourth-order valence-corrected chi connectivity index (χ4v) is 2.30. The minimum Gasteiger partial charge on any atom is -0.497 e. The molecule has 0 aliphatic heterocycles. The first-order valence-electron chi connectivity index (χ1n) is 6.41. The molecule has 2 aromatic rings. The van der Waals surface area contributed by atoms with E-state index in [0.29, 0.717) is 12.2 Å². The van der Waals surface area contributed by atoms with E-state index >= 15 is 0 Å². The predicted molar refractivity (Wildman–Crippen MR) is 79.3 cm³/mol. The van der Waals surface area contributed by atoms with E-state index in [2.05, 4.69) is 0 Å². The van der Waals surface area contributed by atoms with Crippen molar-refractivity contribution in [2.75, 3.05) is 14.2 Å². The number of ether oxygens (including phenoxy) is 2. The highest BCUT2D eigenvalue weighted by atomic mass is 16.5. The molecule has 0 saturated heterocycles. The minimum atomic E-state index is 0.515. The Morgan fingerprint density at radius 2 is 1.80 bits per heavy atom. The van der Waals surface area contributed by atoms with Crippen LogP contribution in [0.4, 0.5) is 0 Å². The number of hydrogen-bond acceptors (Lipinski definition) is 3. The number of methoxy groups -OCH3 is 2. The zero-order valence-corrected chi connectivity index (χ0v) is 12.0. The number of aryl methyl sites for hydroxylation is 1. The minimum absolute atomic E-state index is 0.515. The number of benzene rings is 2. The second-order valence-corrected chi connectivity index (χ2v) is 4.65. The summed E-state index contributed by atoms with van der Waals surface area (Å²) in [5.41, 5.74) is 5.02. The van der Waals surface area contributed by atoms with E-state index in [-0.39, 0.29) is 0 Å². The van der Waals surface area contributed by atoms with Crippen molar-refractivity contribution in [2.45, 2.75) is 13.5 Å². The summed E-state index contributed by atoms with van der Waals surface area (Å²) in [7, 11) is 3.32. The third-order valence-electron chi connectivity index (χ3n) is 3.29. The average molecular weight is 270 g/mol. The van der Waals surface area contributed by atoms with Crippen LogP contribution >= 0.6 is 0 Å². The first-order valence-corrected chi connectivity index (χ1v) is 6.41. The molecule has 0 spiro atoms. The topological polar surface area (TPSA) is 35.5 Å². The Bertz CT molecular complexity index is 618. The lowest BCUT2D eigenvalue weighted by Crippen LogP contribution is -1.96. The van der Waals surface area contributed by atoms with Crippen molar-refractivity contribution < 1.29 is 14.3 Å². The fourth-order valence-electron chi connectivity index (χ4n) is 2.30. The maximum Gasteiger partial charge on any atom is 0.150 e. The van der Waals surface area contributed by atoms with E-state index in [1.165, 1.54) is 0 Å². The largest absolute Gasteiger partial charge is 0.497 e. The second-order valence-electron chi connectivity index (χ2n) is 4.65. The standard InChI is InChI=1S/C17H18O3/c1-12-8-13(10-18)4-6-16(12)17-7-5-15(20-3)9-14(17)11-19-2/h4-10H,11H2,1-3H3. The number of carbonyl (C=O) groups excluding carboxylic acids is 1. The summed E-state index contributed by atoms with van der Waals surface area (Å²) in [6, 6.07) is 11.6. The molecule has 0 saturated carbocycles. The van der Waals surface area contributed by atoms with E-state index < -0.39 is 0 Å². The zero-order valence-electron chi connectivity index (χ0n) is 12.0. The van der Waals surface area contributed by atoms with Gasteiger partial charge in [0.2, 0.25) is 0 Å². The average Bonchev–Trinajstić information content (AvgIpc) is 2.47. The molecule has 0 aliphatic rings. The van der Waals surface area contributed by atoms with Crippen LogP contribution in [0.15, 0.2) is 36.4 Å². The smallest absolute Gasteiger partial charge is 0.150 e. The van der Waals surface area contributed by atoms with Gasteiger partial charge in [0.05, 0.1) is 13.7 Å². The second kappa shape index (κ2) is 6.35. The molecule has 0 aliphatic carbocycles. The molecule has 0 fully saturated rings. The number of aldehydes is 1. The quantitative estimate of drug-likeness (QED) is 0.778. The Morgan fingerprint density at radius 1 is 1.05 bits per heavy atom. The van der Waals surface area contributed by atoms with Crippen LogP contribution in [0.25, 0.3) is 11.1 Å². The molecule has 20 heavy (non-hydrogen) atoms. The van der Waals surface area contributed by atoms with Gasteiger partial charge in [0.1, 0.15) is 12.0 Å². The summed E-state index contributed by atoms with van der Waals surface area (Å²) in [4.78, 5) is 10.8. The Morgan fingerprint density at radius 3 is 2.40 bits per heavy atom. The molecule has 3 nitrogen and oxygen atoms in total. The van der Waals surface area contributed by atoms with Crippen molar-refractivity contribution in [2.24, 2.45) is 0 Å². The summed E-state index contributed by atoms with van der Waals surface area (Å²) >= 11 is 0. The maximum absolute atomic E-state index is 10.8. The Balaban J connectivity index is 2.53. The van der Waals surface area contributed by atoms with Crippen molar-refractivity contribution in [1.29, 1.82) is 0 Å². The zero-order chi connectivity index (χ0) is 14.5. The van der Waals surface area contributed by atoms with Gasteiger partial charge in [-0.3, -0.25) is 4.79 Å². The summed E-state index contributed by atoms with van der Waals surface area (Å²) in [5, 5.41) is 0. The highest BCUT2D eigenvalue weighted by molar-refractivity contribution is 5.79. The molecule has 0 heterocycles. The van der Waals surface area contributed by atoms with Crippen LogP contribution in [0.2, 0.25) is 0 Å². The number of rotatable bonds is 5. The van der Waals surface area contributed by atoms with E-state index in [1.807, 2.05) is 43.3 Å². The molecule has 3 heteroatoms. The Labute approximate surface area is 119 Å². The van der Waals surface area contributed by atoms with Crippen LogP contribution in [0, 0.1) is 6.92 Å². The number of carbonyl (C=O) groups is 1. The summed E-state index contributed by atoms with van der Waals surface area (Å²) < 4.78 is 10.5. The highest BCUT2D eigenvalue weighted by Gasteiger charge is 2.09. The van der Waals surface area contributed by atoms with Gasteiger partial charge in [-0.25, -0.2) is 0 Å². The van der Waals surface area contributed by atoms with Gasteiger partial charge in [-0.15, -0.1) is 0 Å². The molecular formula is C17H18O3. The molecular weight excluding hydrogens is 252 g/mol. The molecule has 0 radical (unpaired) electrons. The molecule has 2 rings (SSSR count). The van der Waals surface area contributed by atoms with E-state index in [4.69, 9.17) is 9.47 Å². The van der Waals surface area contributed by atoms with Gasteiger partial charge < -0.3 is 9.47 Å². The Hall–Kier alpha value is -2.13. The van der Waals surface area contributed by atoms with Crippen molar-refractivity contribution in [1.82, 2.24) is 0 Å². The molecule has 0 unspecified atom stereocenters. The summed E-state index contributed by atoms with van der Waals surface area (Å²) in [6.45, 7) is 2.52. The lowest BCUT2D eigenvalue weighted by molar-refractivity contribution is 0.112. The van der Waals surface area contributed by atoms with Crippen molar-refractivity contribution >= 4 is 6.29 Å². The third kappa shape index (κ3) is 2.89. The van der Waals surface area contributed by atoms with Crippen LogP contribution < -0.4 is 4.74 Å². The molecule has 0 aromatic heterocycles. The molecule has 0 bridgehead atoms. The van der Waals surface area contributed by atoms with Gasteiger partial charge in [-0.05, 0) is 47.4 Å². The number of hydrogen-bond donors (Lipinski definition) is 0. The summed E-state index contributed by atoms with van der Waals surface area (Å²) in [5.74, 6) is 0.808. The van der Waals surface area contributed by atoms with Gasteiger partial charge in [0.25, 0.3) is 0 Å². The van der Waals surface area contributed by atoms with Gasteiger partial charge in [0.15, 0.2) is 0 Å². The van der Waals surface area contributed by atoms with E-state index in [0.717, 1.165) is 34.3 Å². The van der Waals surface area contributed by atoms with Crippen molar-refractivity contribution in [3.63, 3.8) is 0 Å². The third-order valence-corrected chi connectivity index (χ3v) is 3.29. The van der Waals surface area contributed by atoms with Crippen LogP contribution in [0.1, 0.15) is 21.5 Å². The normalized spacial score (nSPS) is 10.3. The van der Waals surface area contributed by atoms with Crippen LogP contribution in [-0.4, -0.2) is 20.5 Å². The van der Waals surface area contributed by atoms with Gasteiger partial charge in [-0.2, -0.15) is 0 Å². The van der Waals surface area contributed by atoms with Crippen LogP contribution in [0.5, 0.6) is 5.75 Å². The Kier molecular flexibility index (Phi) is 4.53. The highest BCUT2D eigenvalue weighted by Crippen LogP contribution is 2.30. The summed E-state index contributed by atoms with van der Waals surface area (Å²) in [6.07, 6.45) is 0.862. The first-order chi connectivity index (χ1) is 9.69. The van der Waals surface area contributed by atoms with Crippen molar-refractivity contribution in [3.05, 3.63) is 53.1 Å². The molecule has 0 N–H and O–H groups in total. The molecule has 0 amide bonds. The van der Waals surface area contributed by atoms with Crippen LogP contribution in [-0.2, 0) is 11.3 Å². The lowest BCUT2D eigenvalue weighted by atomic mass is 9.95.